The molecule has 0 aliphatic carbocycles. The molecule has 0 heterocycles. The van der Waals surface area contributed by atoms with Crippen molar-refractivity contribution in [2.75, 3.05) is 25.9 Å². The maximum absolute atomic E-state index is 3.26. The first-order valence-corrected chi connectivity index (χ1v) is 4.47. The lowest BCUT2D eigenvalue weighted by Crippen LogP contribution is -2.15. The van der Waals surface area contributed by atoms with Gasteiger partial charge in [-0.05, 0) is 25.9 Å². The van der Waals surface area contributed by atoms with Crippen LogP contribution >= 0.6 is 8.58 Å². The van der Waals surface area contributed by atoms with Crippen LogP contribution in [-0.4, -0.2) is 25.9 Å². The molecule has 0 bridgehead atoms. The van der Waals surface area contributed by atoms with Crippen LogP contribution in [0.1, 0.15) is 6.92 Å². The van der Waals surface area contributed by atoms with Gasteiger partial charge in [-0.3, -0.25) is 0 Å². The van der Waals surface area contributed by atoms with E-state index < -0.39 is 0 Å². The van der Waals surface area contributed by atoms with Crippen molar-refractivity contribution in [3.05, 3.63) is 0 Å². The van der Waals surface area contributed by atoms with Crippen LogP contribution in [0.4, 0.5) is 0 Å². The van der Waals surface area contributed by atoms with Crippen LogP contribution in [0.3, 0.4) is 0 Å². The monoisotopic (exact) mass is 119 g/mol. The largest absolute Gasteiger partial charge is 0.317 e. The van der Waals surface area contributed by atoms with Gasteiger partial charge in [0.1, 0.15) is 0 Å². The van der Waals surface area contributed by atoms with Crippen LogP contribution in [0, 0.1) is 0 Å². The average molecular weight is 119 g/mol. The van der Waals surface area contributed by atoms with Crippen molar-refractivity contribution in [2.24, 2.45) is 0 Å². The molecule has 0 spiro atoms. The molecule has 0 aliphatic heterocycles. The fourth-order valence-corrected chi connectivity index (χ4v) is 0.817. The lowest BCUT2D eigenvalue weighted by molar-refractivity contribution is 0.767. The molecule has 0 aliphatic rings. The van der Waals surface area contributed by atoms with E-state index in [9.17, 15) is 0 Å². The second kappa shape index (κ2) is 6.39. The highest BCUT2D eigenvalue weighted by molar-refractivity contribution is 7.37. The first kappa shape index (κ1) is 7.39. The molecule has 0 aromatic carbocycles. The summed E-state index contributed by atoms with van der Waals surface area (Å²) in [4.78, 5) is 0. The zero-order valence-corrected chi connectivity index (χ0v) is 6.12. The van der Waals surface area contributed by atoms with Gasteiger partial charge in [-0.15, -0.1) is 8.58 Å². The normalized spacial score (nSPS) is 11.1. The predicted octanol–water partition coefficient (Wildman–Crippen LogP) is 0.904. The standard InChI is InChI=1S/C5H14NP/c1-3-6-4-5-7-2/h6-7H,3-5H2,1-2H3. The minimum atomic E-state index is 1.11. The third kappa shape index (κ3) is 6.39. The highest BCUT2D eigenvalue weighted by atomic mass is 31.1. The van der Waals surface area contributed by atoms with E-state index in [1.165, 1.54) is 12.7 Å². The van der Waals surface area contributed by atoms with Crippen molar-refractivity contribution in [2.45, 2.75) is 6.92 Å². The van der Waals surface area contributed by atoms with E-state index in [0.29, 0.717) is 0 Å². The summed E-state index contributed by atoms with van der Waals surface area (Å²) in [5.74, 6) is 0. The van der Waals surface area contributed by atoms with Crippen LogP contribution in [0.25, 0.3) is 0 Å². The van der Waals surface area contributed by atoms with E-state index in [-0.39, 0.29) is 0 Å². The Morgan fingerprint density at radius 3 is 2.71 bits per heavy atom. The molecule has 0 aromatic rings. The van der Waals surface area contributed by atoms with Gasteiger partial charge in [0.15, 0.2) is 0 Å². The molecule has 44 valence electrons. The first-order chi connectivity index (χ1) is 3.41. The first-order valence-electron chi connectivity index (χ1n) is 2.77. The van der Waals surface area contributed by atoms with Gasteiger partial charge in [0, 0.05) is 0 Å². The van der Waals surface area contributed by atoms with Crippen molar-refractivity contribution in [1.29, 1.82) is 0 Å². The molecule has 0 saturated heterocycles. The molecule has 1 N–H and O–H groups in total. The summed E-state index contributed by atoms with van der Waals surface area (Å²) in [6, 6.07) is 0. The lowest BCUT2D eigenvalue weighted by Gasteiger charge is -1.95. The molecule has 1 unspecified atom stereocenters. The van der Waals surface area contributed by atoms with E-state index >= 15 is 0 Å². The number of hydrogen-bond acceptors (Lipinski definition) is 1. The number of hydrogen-bond donors (Lipinski definition) is 1. The summed E-state index contributed by atoms with van der Waals surface area (Å²) in [5.41, 5.74) is 0. The van der Waals surface area contributed by atoms with Crippen molar-refractivity contribution >= 4 is 8.58 Å². The summed E-state index contributed by atoms with van der Waals surface area (Å²) in [6.07, 6.45) is 1.34. The zero-order chi connectivity index (χ0) is 5.54. The molecule has 2 heteroatoms. The minimum Gasteiger partial charge on any atom is -0.317 e. The quantitative estimate of drug-likeness (QED) is 0.428. The van der Waals surface area contributed by atoms with Crippen LogP contribution in [-0.2, 0) is 0 Å². The summed E-state index contributed by atoms with van der Waals surface area (Å²) in [5, 5.41) is 3.26. The van der Waals surface area contributed by atoms with Gasteiger partial charge in [0.05, 0.1) is 0 Å². The Balaban J connectivity index is 2.45. The highest BCUT2D eigenvalue weighted by Crippen LogP contribution is 1.96. The van der Waals surface area contributed by atoms with Crippen molar-refractivity contribution in [1.82, 2.24) is 5.32 Å². The summed E-state index contributed by atoms with van der Waals surface area (Å²) >= 11 is 0. The molecule has 1 nitrogen and oxygen atoms in total. The zero-order valence-electron chi connectivity index (χ0n) is 5.12. The van der Waals surface area contributed by atoms with Crippen LogP contribution in [0.15, 0.2) is 0 Å². The summed E-state index contributed by atoms with van der Waals surface area (Å²) in [7, 11) is 1.11. The maximum Gasteiger partial charge on any atom is -0.00121 e. The average Bonchev–Trinajstić information content (AvgIpc) is 1.69. The second-order valence-corrected chi connectivity index (χ2v) is 2.66. The predicted molar refractivity (Wildman–Crippen MR) is 37.6 cm³/mol. The van der Waals surface area contributed by atoms with E-state index in [1.54, 1.807) is 0 Å². The van der Waals surface area contributed by atoms with E-state index in [0.717, 1.165) is 15.1 Å². The molecular formula is C5H14NP. The Labute approximate surface area is 47.7 Å². The molecule has 0 rings (SSSR count). The van der Waals surface area contributed by atoms with Crippen molar-refractivity contribution in [3.8, 4) is 0 Å². The fourth-order valence-electron chi connectivity index (χ4n) is 0.390. The summed E-state index contributed by atoms with van der Waals surface area (Å²) < 4.78 is 0. The van der Waals surface area contributed by atoms with Crippen molar-refractivity contribution < 1.29 is 0 Å². The van der Waals surface area contributed by atoms with E-state index in [2.05, 4.69) is 18.9 Å². The molecule has 0 fully saturated rings. The smallest absolute Gasteiger partial charge is 0.00121 e. The van der Waals surface area contributed by atoms with E-state index in [1.807, 2.05) is 0 Å². The van der Waals surface area contributed by atoms with Crippen LogP contribution in [0.2, 0.25) is 0 Å². The Morgan fingerprint density at radius 1 is 1.57 bits per heavy atom. The van der Waals surface area contributed by atoms with E-state index in [4.69, 9.17) is 0 Å². The molecule has 0 aromatic heterocycles. The van der Waals surface area contributed by atoms with Crippen LogP contribution < -0.4 is 5.32 Å². The topological polar surface area (TPSA) is 12.0 Å². The molecule has 0 radical (unpaired) electrons. The Hall–Kier alpha value is 0.390. The second-order valence-electron chi connectivity index (χ2n) is 1.46. The fraction of sp³-hybridized carbons (Fsp3) is 1.00. The molecular weight excluding hydrogens is 105 g/mol. The third-order valence-corrected chi connectivity index (χ3v) is 1.55. The van der Waals surface area contributed by atoms with Gasteiger partial charge < -0.3 is 5.32 Å². The van der Waals surface area contributed by atoms with Gasteiger partial charge in [-0.1, -0.05) is 6.92 Å². The molecule has 7 heavy (non-hydrogen) atoms. The Kier molecular flexibility index (Phi) is 6.75. The molecule has 0 amide bonds. The maximum atomic E-state index is 3.26. The lowest BCUT2D eigenvalue weighted by atomic mass is 10.7. The van der Waals surface area contributed by atoms with Gasteiger partial charge in [-0.25, -0.2) is 0 Å². The Bertz CT molecular complexity index is 27.3. The molecule has 0 saturated carbocycles. The minimum absolute atomic E-state index is 1.11. The highest BCUT2D eigenvalue weighted by Gasteiger charge is 1.76. The number of rotatable bonds is 4. The van der Waals surface area contributed by atoms with Gasteiger partial charge in [0.25, 0.3) is 0 Å². The number of nitrogens with one attached hydrogen (secondary N) is 1. The van der Waals surface area contributed by atoms with Gasteiger partial charge >= 0.3 is 0 Å². The van der Waals surface area contributed by atoms with Gasteiger partial charge in [-0.2, -0.15) is 0 Å². The Morgan fingerprint density at radius 2 is 2.29 bits per heavy atom. The van der Waals surface area contributed by atoms with Crippen LogP contribution in [0.5, 0.6) is 0 Å². The summed E-state index contributed by atoms with van der Waals surface area (Å²) in [6.45, 7) is 6.69. The van der Waals surface area contributed by atoms with Gasteiger partial charge in [0.2, 0.25) is 0 Å². The third-order valence-electron chi connectivity index (χ3n) is 0.802. The SMILES string of the molecule is CCNCCPC. The van der Waals surface area contributed by atoms with Crippen molar-refractivity contribution in [3.63, 3.8) is 0 Å². The molecule has 1 atom stereocenters.